The molecular weight excluding hydrogens is 999 g/mol. The van der Waals surface area contributed by atoms with Crippen molar-refractivity contribution in [2.75, 3.05) is 39.5 Å². The first-order valence-corrected chi connectivity index (χ1v) is 32.5. The zero-order chi connectivity index (χ0) is 57.2. The van der Waals surface area contributed by atoms with Crippen molar-refractivity contribution in [1.82, 2.24) is 4.90 Å². The molecule has 1 aliphatic rings. The molecule has 0 spiro atoms. The van der Waals surface area contributed by atoms with Crippen molar-refractivity contribution in [2.45, 2.75) is 311 Å². The third-order valence-electron chi connectivity index (χ3n) is 15.1. The molecule has 1 atom stereocenters. The van der Waals surface area contributed by atoms with E-state index in [9.17, 15) is 24.0 Å². The zero-order valence-electron chi connectivity index (χ0n) is 51.0. The van der Waals surface area contributed by atoms with Gasteiger partial charge in [0, 0.05) is 45.3 Å². The molecule has 1 heterocycles. The van der Waals surface area contributed by atoms with Crippen molar-refractivity contribution < 1.29 is 57.1 Å². The molecule has 79 heavy (non-hydrogen) atoms. The summed E-state index contributed by atoms with van der Waals surface area (Å²) in [6.07, 6.45) is 34.6. The fourth-order valence-corrected chi connectivity index (χ4v) is 10.2. The van der Waals surface area contributed by atoms with Crippen LogP contribution in [-0.4, -0.2) is 86.6 Å². The Morgan fingerprint density at radius 3 is 1.30 bits per heavy atom. The average Bonchev–Trinajstić information content (AvgIpc) is 3.97. The monoisotopic (exact) mass is 1110 g/mol. The van der Waals surface area contributed by atoms with E-state index in [0.717, 1.165) is 83.8 Å². The van der Waals surface area contributed by atoms with Crippen LogP contribution in [0.2, 0.25) is 0 Å². The molecule has 0 N–H and O–H groups in total. The maximum absolute atomic E-state index is 13.3. The maximum Gasteiger partial charge on any atom is 0.306 e. The first-order chi connectivity index (χ1) is 38.6. The second kappa shape index (κ2) is 50.2. The van der Waals surface area contributed by atoms with Crippen molar-refractivity contribution in [3.63, 3.8) is 0 Å². The number of unbranched alkanes of at least 4 members (excludes halogenated alkanes) is 18. The lowest BCUT2D eigenvalue weighted by molar-refractivity contribution is -0.160. The number of hydrogen-bond acceptors (Lipinski definition) is 13. The molecule has 456 valence electrons. The number of hydrogen-bond donors (Lipinski definition) is 0. The van der Waals surface area contributed by atoms with Crippen molar-refractivity contribution in [1.29, 1.82) is 0 Å². The predicted molar refractivity (Wildman–Crippen MR) is 316 cm³/mol. The summed E-state index contributed by atoms with van der Waals surface area (Å²) < 4.78 is 41.2. The average molecular weight is 1110 g/mol. The number of nitrogens with zero attached hydrogens (tertiary/aromatic N) is 1. The van der Waals surface area contributed by atoms with Crippen LogP contribution in [0.15, 0.2) is 18.2 Å². The summed E-state index contributed by atoms with van der Waals surface area (Å²) in [6.45, 7) is 15.7. The molecule has 1 aromatic carbocycles. The fourth-order valence-electron chi connectivity index (χ4n) is 10.2. The van der Waals surface area contributed by atoms with Crippen molar-refractivity contribution in [2.24, 2.45) is 5.92 Å². The molecule has 0 bridgehead atoms. The fraction of sp³-hybridized carbons (Fsp3) is 0.833. The van der Waals surface area contributed by atoms with Gasteiger partial charge in [-0.2, -0.15) is 0 Å². The topological polar surface area (TPSA) is 153 Å². The van der Waals surface area contributed by atoms with Crippen LogP contribution < -0.4 is 0 Å². The quantitative estimate of drug-likeness (QED) is 0.0263. The number of likely N-dealkylation sites (tertiary alicyclic amines) is 1. The number of esters is 5. The second-order valence-corrected chi connectivity index (χ2v) is 22.6. The molecule has 1 aliphatic heterocycles. The Balaban J connectivity index is 2.04. The molecule has 0 radical (unpaired) electrons. The zero-order valence-corrected chi connectivity index (χ0v) is 51.0. The lowest BCUT2D eigenvalue weighted by Gasteiger charge is -2.19. The minimum Gasteiger partial charge on any atom is -0.466 e. The summed E-state index contributed by atoms with van der Waals surface area (Å²) in [7, 11) is 0. The molecule has 1 fully saturated rings. The van der Waals surface area contributed by atoms with Gasteiger partial charge in [0.2, 0.25) is 0 Å². The summed E-state index contributed by atoms with van der Waals surface area (Å²) in [6, 6.07) is 5.49. The largest absolute Gasteiger partial charge is 0.466 e. The van der Waals surface area contributed by atoms with Crippen LogP contribution >= 0.6 is 0 Å². The van der Waals surface area contributed by atoms with E-state index in [-0.39, 0.29) is 75.5 Å². The Kier molecular flexibility index (Phi) is 45.5. The molecule has 0 saturated carbocycles. The van der Waals surface area contributed by atoms with Gasteiger partial charge in [0.05, 0.1) is 13.0 Å². The van der Waals surface area contributed by atoms with Gasteiger partial charge in [-0.3, -0.25) is 24.0 Å². The number of benzene rings is 1. The number of ether oxygens (including phenoxy) is 7. The first-order valence-electron chi connectivity index (χ1n) is 32.5. The van der Waals surface area contributed by atoms with Gasteiger partial charge in [0.1, 0.15) is 25.9 Å². The molecule has 1 unspecified atom stereocenters. The van der Waals surface area contributed by atoms with Crippen LogP contribution in [0.5, 0.6) is 0 Å². The Morgan fingerprint density at radius 1 is 0.392 bits per heavy atom. The third kappa shape index (κ3) is 41.2. The van der Waals surface area contributed by atoms with Crippen molar-refractivity contribution in [3.05, 3.63) is 34.9 Å². The highest BCUT2D eigenvalue weighted by Gasteiger charge is 2.20. The van der Waals surface area contributed by atoms with Gasteiger partial charge in [0.15, 0.2) is 6.29 Å². The Hall–Kier alpha value is -3.55. The lowest BCUT2D eigenvalue weighted by atomic mass is 9.92. The van der Waals surface area contributed by atoms with Gasteiger partial charge in [-0.1, -0.05) is 169 Å². The van der Waals surface area contributed by atoms with Gasteiger partial charge >= 0.3 is 29.8 Å². The Labute approximate surface area is 481 Å². The first kappa shape index (κ1) is 71.6. The maximum atomic E-state index is 13.3. The summed E-state index contributed by atoms with van der Waals surface area (Å²) in [5, 5.41) is 0. The summed E-state index contributed by atoms with van der Waals surface area (Å²) in [5.74, 6) is -1.01. The molecule has 0 aliphatic carbocycles. The van der Waals surface area contributed by atoms with E-state index in [1.165, 1.54) is 116 Å². The minimum absolute atomic E-state index is 0.0267. The van der Waals surface area contributed by atoms with Gasteiger partial charge in [0.25, 0.3) is 0 Å². The summed E-state index contributed by atoms with van der Waals surface area (Å²) >= 11 is 0. The van der Waals surface area contributed by atoms with E-state index in [2.05, 4.69) is 39.5 Å². The molecule has 0 amide bonds. The molecule has 0 aromatic heterocycles. The van der Waals surface area contributed by atoms with Crippen LogP contribution in [0.1, 0.15) is 295 Å². The van der Waals surface area contributed by atoms with Crippen LogP contribution in [0, 0.1) is 5.92 Å². The van der Waals surface area contributed by atoms with E-state index in [4.69, 9.17) is 33.2 Å². The summed E-state index contributed by atoms with van der Waals surface area (Å²) in [4.78, 5) is 67.4. The molecule has 1 aromatic rings. The van der Waals surface area contributed by atoms with E-state index < -0.39 is 12.3 Å². The number of carbonyl (C=O) groups excluding carboxylic acids is 5. The van der Waals surface area contributed by atoms with Crippen LogP contribution in [0.25, 0.3) is 0 Å². The molecule has 2 rings (SSSR count). The summed E-state index contributed by atoms with van der Waals surface area (Å²) in [5.41, 5.74) is 1.99. The van der Waals surface area contributed by atoms with Crippen LogP contribution in [-0.2, 0) is 77.0 Å². The lowest BCUT2D eigenvalue weighted by Crippen LogP contribution is -2.23. The highest BCUT2D eigenvalue weighted by atomic mass is 16.7. The Bertz CT molecular complexity index is 1650. The number of carbonyl (C=O) groups is 5. The Morgan fingerprint density at radius 2 is 0.797 bits per heavy atom. The van der Waals surface area contributed by atoms with E-state index >= 15 is 0 Å². The molecule has 1 saturated heterocycles. The van der Waals surface area contributed by atoms with Gasteiger partial charge < -0.3 is 38.1 Å². The second-order valence-electron chi connectivity index (χ2n) is 22.6. The normalized spacial score (nSPS) is 13.1. The van der Waals surface area contributed by atoms with Crippen LogP contribution in [0.3, 0.4) is 0 Å². The molecule has 13 nitrogen and oxygen atoms in total. The van der Waals surface area contributed by atoms with E-state index in [0.29, 0.717) is 81.0 Å². The number of rotatable bonds is 54. The van der Waals surface area contributed by atoms with Gasteiger partial charge in [-0.25, -0.2) is 0 Å². The molecule has 13 heteroatoms. The van der Waals surface area contributed by atoms with Crippen molar-refractivity contribution >= 4 is 29.8 Å². The molecular formula is C66H115NO12. The highest BCUT2D eigenvalue weighted by molar-refractivity contribution is 5.71. The van der Waals surface area contributed by atoms with Crippen molar-refractivity contribution in [3.8, 4) is 0 Å². The SMILES string of the molecule is CCCCCCCCOC(CCC(=O)OCc1cc(COC(=O)CCCCC(=O)OCCC(CCCCC)CCCCC)cc(COC(=O)CCC(CCCCCC)OC(=O)CCCN2CCCC2)c1)OCCCCCCCC. The smallest absolute Gasteiger partial charge is 0.306 e. The van der Waals surface area contributed by atoms with E-state index in [1.54, 1.807) is 0 Å². The minimum atomic E-state index is -0.483. The standard InChI is InChI=1S/C66H115NO12/c1-6-11-16-19-21-30-47-74-66(75-48-31-22-20-17-12-7-2)42-41-64(71)78-55-59-51-57(53-76-62(69)37-27-26-36-61(68)73-49-43-56(33-23-14-9-4)34-24-15-10-5)50-58(52-59)54-77-63(70)40-39-60(35-25-18-13-8-3)79-65(72)38-32-46-67-44-28-29-45-67/h50-52,56,60,66H,6-49,53-55H2,1-5H3. The van der Waals surface area contributed by atoms with Gasteiger partial charge in [-0.05, 0) is 131 Å². The highest BCUT2D eigenvalue weighted by Crippen LogP contribution is 2.23. The van der Waals surface area contributed by atoms with E-state index in [1.807, 2.05) is 18.2 Å². The predicted octanol–water partition coefficient (Wildman–Crippen LogP) is 16.5. The van der Waals surface area contributed by atoms with Crippen LogP contribution in [0.4, 0.5) is 0 Å². The van der Waals surface area contributed by atoms with Gasteiger partial charge in [-0.15, -0.1) is 0 Å². The third-order valence-corrected chi connectivity index (χ3v) is 15.1.